The van der Waals surface area contributed by atoms with Gasteiger partial charge in [-0.1, -0.05) is 13.8 Å². The fourth-order valence-electron chi connectivity index (χ4n) is 2.44. The normalized spacial score (nSPS) is 16.3. The Hall–Kier alpha value is -1.58. The lowest BCUT2D eigenvalue weighted by Crippen LogP contribution is -2.21. The molecule has 0 atom stereocenters. The van der Waals surface area contributed by atoms with E-state index >= 15 is 0 Å². The number of hydrogen-bond donors (Lipinski definition) is 2. The van der Waals surface area contributed by atoms with Crippen LogP contribution in [0, 0.1) is 11.3 Å². The van der Waals surface area contributed by atoms with E-state index in [9.17, 15) is 0 Å². The molecule has 0 unspecified atom stereocenters. The molecule has 0 heterocycles. The zero-order valence-corrected chi connectivity index (χ0v) is 12.2. The Morgan fingerprint density at radius 2 is 1.79 bits per heavy atom. The van der Waals surface area contributed by atoms with Gasteiger partial charge >= 0.3 is 0 Å². The highest BCUT2D eigenvalue weighted by atomic mass is 16.5. The Balaban J connectivity index is 2.12. The molecule has 1 saturated carbocycles. The van der Waals surface area contributed by atoms with Crippen molar-refractivity contribution in [2.75, 3.05) is 31.8 Å². The van der Waals surface area contributed by atoms with Gasteiger partial charge in [-0.15, -0.1) is 0 Å². The number of nitrogen functional groups attached to an aromatic ring is 1. The fourth-order valence-corrected chi connectivity index (χ4v) is 2.44. The molecule has 0 amide bonds. The van der Waals surface area contributed by atoms with Gasteiger partial charge in [-0.05, 0) is 24.2 Å². The van der Waals surface area contributed by atoms with Crippen molar-refractivity contribution in [3.8, 4) is 11.5 Å². The number of hydrogen-bond acceptors (Lipinski definition) is 4. The maximum atomic E-state index is 6.05. The lowest BCUT2D eigenvalue weighted by molar-refractivity contribution is 0.355. The van der Waals surface area contributed by atoms with Gasteiger partial charge in [-0.2, -0.15) is 0 Å². The molecule has 1 aromatic rings. The van der Waals surface area contributed by atoms with Crippen molar-refractivity contribution < 1.29 is 9.47 Å². The maximum absolute atomic E-state index is 6.05. The van der Waals surface area contributed by atoms with Crippen LogP contribution in [0.5, 0.6) is 11.5 Å². The average molecular weight is 264 g/mol. The summed E-state index contributed by atoms with van der Waals surface area (Å²) in [5.74, 6) is 2.06. The predicted molar refractivity (Wildman–Crippen MR) is 79.0 cm³/mol. The number of nitrogens with two attached hydrogens (primary N) is 1. The van der Waals surface area contributed by atoms with Gasteiger partial charge in [0.15, 0.2) is 11.5 Å². The summed E-state index contributed by atoms with van der Waals surface area (Å²) in [6, 6.07) is 3.71. The summed E-state index contributed by atoms with van der Waals surface area (Å²) in [6.45, 7) is 5.53. The van der Waals surface area contributed by atoms with E-state index in [0.29, 0.717) is 28.5 Å². The Morgan fingerprint density at radius 1 is 1.21 bits per heavy atom. The maximum Gasteiger partial charge on any atom is 0.162 e. The lowest BCUT2D eigenvalue weighted by atomic mass is 9.92. The monoisotopic (exact) mass is 264 g/mol. The smallest absolute Gasteiger partial charge is 0.162 e. The Labute approximate surface area is 115 Å². The first-order valence-electron chi connectivity index (χ1n) is 6.78. The van der Waals surface area contributed by atoms with Crippen LogP contribution in [0.15, 0.2) is 12.1 Å². The topological polar surface area (TPSA) is 56.5 Å². The average Bonchev–Trinajstić information content (AvgIpc) is 3.18. The third-order valence-electron chi connectivity index (χ3n) is 4.30. The van der Waals surface area contributed by atoms with Crippen molar-refractivity contribution in [2.45, 2.75) is 26.7 Å². The molecule has 2 rings (SSSR count). The molecule has 3 N–H and O–H groups in total. The standard InChI is InChI=1S/C15H24N2O2/c1-10(2)15(5-6-15)9-17-12-8-14(19-4)13(18-3)7-11(12)16/h7-8,10,17H,5-6,9,16H2,1-4H3. The molecule has 0 bridgehead atoms. The first kappa shape index (κ1) is 13.8. The zero-order valence-electron chi connectivity index (χ0n) is 12.2. The van der Waals surface area contributed by atoms with E-state index < -0.39 is 0 Å². The van der Waals surface area contributed by atoms with Crippen molar-refractivity contribution in [1.82, 2.24) is 0 Å². The number of ether oxygens (including phenoxy) is 2. The highest BCUT2D eigenvalue weighted by Crippen LogP contribution is 2.52. The zero-order chi connectivity index (χ0) is 14.0. The fraction of sp³-hybridized carbons (Fsp3) is 0.600. The Kier molecular flexibility index (Phi) is 3.78. The molecule has 1 fully saturated rings. The molecule has 1 aliphatic carbocycles. The quantitative estimate of drug-likeness (QED) is 0.775. The highest BCUT2D eigenvalue weighted by Gasteiger charge is 2.44. The van der Waals surface area contributed by atoms with Gasteiger partial charge in [0.1, 0.15) is 0 Å². The molecule has 0 radical (unpaired) electrons. The third kappa shape index (κ3) is 2.72. The molecule has 4 nitrogen and oxygen atoms in total. The molecule has 1 aliphatic rings. The number of nitrogens with one attached hydrogen (secondary N) is 1. The van der Waals surface area contributed by atoms with E-state index in [0.717, 1.165) is 12.2 Å². The summed E-state index contributed by atoms with van der Waals surface area (Å²) < 4.78 is 10.5. The second kappa shape index (κ2) is 5.19. The summed E-state index contributed by atoms with van der Waals surface area (Å²) in [6.07, 6.45) is 2.59. The molecule has 0 aromatic heterocycles. The first-order chi connectivity index (χ1) is 9.02. The predicted octanol–water partition coefficient (Wildman–Crippen LogP) is 3.13. The van der Waals surface area contributed by atoms with Gasteiger partial charge in [-0.3, -0.25) is 0 Å². The second-order valence-corrected chi connectivity index (χ2v) is 5.67. The van der Waals surface area contributed by atoms with E-state index in [2.05, 4.69) is 19.2 Å². The number of rotatable bonds is 6. The van der Waals surface area contributed by atoms with Gasteiger partial charge in [0, 0.05) is 18.7 Å². The van der Waals surface area contributed by atoms with E-state index in [1.807, 2.05) is 6.07 Å². The van der Waals surface area contributed by atoms with Crippen LogP contribution < -0.4 is 20.5 Å². The lowest BCUT2D eigenvalue weighted by Gasteiger charge is -2.22. The van der Waals surface area contributed by atoms with Crippen molar-refractivity contribution in [3.63, 3.8) is 0 Å². The molecular formula is C15H24N2O2. The van der Waals surface area contributed by atoms with Crippen LogP contribution in [0.25, 0.3) is 0 Å². The SMILES string of the molecule is COc1cc(N)c(NCC2(C(C)C)CC2)cc1OC. The van der Waals surface area contributed by atoms with Crippen LogP contribution in [0.4, 0.5) is 11.4 Å². The van der Waals surface area contributed by atoms with Gasteiger partial charge in [0.05, 0.1) is 25.6 Å². The summed E-state index contributed by atoms with van der Waals surface area (Å²) in [5, 5.41) is 3.46. The van der Waals surface area contributed by atoms with E-state index in [1.165, 1.54) is 12.8 Å². The minimum absolute atomic E-state index is 0.444. The minimum atomic E-state index is 0.444. The first-order valence-corrected chi connectivity index (χ1v) is 6.78. The van der Waals surface area contributed by atoms with Crippen LogP contribution in [0.2, 0.25) is 0 Å². The largest absolute Gasteiger partial charge is 0.493 e. The third-order valence-corrected chi connectivity index (χ3v) is 4.30. The van der Waals surface area contributed by atoms with E-state index in [4.69, 9.17) is 15.2 Å². The van der Waals surface area contributed by atoms with E-state index in [-0.39, 0.29) is 0 Å². The van der Waals surface area contributed by atoms with E-state index in [1.54, 1.807) is 20.3 Å². The molecule has 4 heteroatoms. The van der Waals surface area contributed by atoms with Gasteiger partial charge in [0.2, 0.25) is 0 Å². The highest BCUT2D eigenvalue weighted by molar-refractivity contribution is 5.72. The van der Waals surface area contributed by atoms with Crippen molar-refractivity contribution in [1.29, 1.82) is 0 Å². The van der Waals surface area contributed by atoms with Crippen molar-refractivity contribution in [3.05, 3.63) is 12.1 Å². The van der Waals surface area contributed by atoms with Crippen LogP contribution in [0.3, 0.4) is 0 Å². The number of benzene rings is 1. The van der Waals surface area contributed by atoms with Crippen molar-refractivity contribution >= 4 is 11.4 Å². The Morgan fingerprint density at radius 3 is 2.26 bits per heavy atom. The molecular weight excluding hydrogens is 240 g/mol. The number of anilines is 2. The van der Waals surface area contributed by atoms with Crippen LogP contribution in [-0.2, 0) is 0 Å². The minimum Gasteiger partial charge on any atom is -0.493 e. The summed E-state index contributed by atoms with van der Waals surface area (Å²) in [4.78, 5) is 0. The molecule has 0 spiro atoms. The summed E-state index contributed by atoms with van der Waals surface area (Å²) >= 11 is 0. The second-order valence-electron chi connectivity index (χ2n) is 5.67. The van der Waals surface area contributed by atoms with Crippen LogP contribution in [-0.4, -0.2) is 20.8 Å². The van der Waals surface area contributed by atoms with Gasteiger partial charge in [0.25, 0.3) is 0 Å². The molecule has 1 aromatic carbocycles. The van der Waals surface area contributed by atoms with Gasteiger partial charge < -0.3 is 20.5 Å². The van der Waals surface area contributed by atoms with Gasteiger partial charge in [-0.25, -0.2) is 0 Å². The number of methoxy groups -OCH3 is 2. The summed E-state index contributed by atoms with van der Waals surface area (Å²) in [5.41, 5.74) is 8.11. The summed E-state index contributed by atoms with van der Waals surface area (Å²) in [7, 11) is 3.25. The van der Waals surface area contributed by atoms with Crippen molar-refractivity contribution in [2.24, 2.45) is 11.3 Å². The van der Waals surface area contributed by atoms with Crippen LogP contribution in [0.1, 0.15) is 26.7 Å². The molecule has 0 aliphatic heterocycles. The van der Waals surface area contributed by atoms with Crippen LogP contribution >= 0.6 is 0 Å². The molecule has 0 saturated heterocycles. The molecule has 106 valence electrons. The Bertz CT molecular complexity index is 454. The molecule has 19 heavy (non-hydrogen) atoms.